The number of aromatic nitrogens is 1. The molecule has 0 bridgehead atoms. The number of nitrogens with zero attached hydrogens (tertiary/aromatic N) is 1. The third-order valence-electron chi connectivity index (χ3n) is 5.76. The number of halogens is 1. The monoisotopic (exact) mass is 494 g/mol. The lowest BCUT2D eigenvalue weighted by atomic mass is 9.95. The van der Waals surface area contributed by atoms with Crippen LogP contribution < -0.4 is 5.32 Å². The zero-order valence-corrected chi connectivity index (χ0v) is 19.8. The summed E-state index contributed by atoms with van der Waals surface area (Å²) in [6.45, 7) is 0. The topological polar surface area (TPSA) is 79.3 Å². The van der Waals surface area contributed by atoms with Gasteiger partial charge in [0.15, 0.2) is 4.34 Å². The molecule has 1 aromatic heterocycles. The summed E-state index contributed by atoms with van der Waals surface area (Å²) in [5, 5.41) is 13.5. The molecule has 3 aromatic carbocycles. The summed E-state index contributed by atoms with van der Waals surface area (Å²) in [7, 11) is 0. The number of thiazole rings is 1. The van der Waals surface area contributed by atoms with Crippen molar-refractivity contribution < 1.29 is 14.7 Å². The SMILES string of the molecule is O=C(CSc1nc2ccccc2s1)NC1(C(=O)O)Cc2ccc(-c3ccc(Cl)cc3)cc2C1. The van der Waals surface area contributed by atoms with Gasteiger partial charge < -0.3 is 10.4 Å². The Morgan fingerprint density at radius 3 is 2.52 bits per heavy atom. The molecule has 8 heteroatoms. The van der Waals surface area contributed by atoms with Crippen LogP contribution in [0.25, 0.3) is 21.3 Å². The van der Waals surface area contributed by atoms with Gasteiger partial charge in [-0.25, -0.2) is 9.78 Å². The van der Waals surface area contributed by atoms with E-state index in [2.05, 4.69) is 10.3 Å². The van der Waals surface area contributed by atoms with Crippen LogP contribution in [0.3, 0.4) is 0 Å². The number of para-hydroxylation sites is 1. The summed E-state index contributed by atoms with van der Waals surface area (Å²) in [5.74, 6) is -1.22. The van der Waals surface area contributed by atoms with Gasteiger partial charge in [-0.1, -0.05) is 65.8 Å². The van der Waals surface area contributed by atoms with Crippen molar-refractivity contribution in [1.29, 1.82) is 0 Å². The molecule has 0 aliphatic heterocycles. The molecule has 5 rings (SSSR count). The maximum Gasteiger partial charge on any atom is 0.330 e. The van der Waals surface area contributed by atoms with E-state index in [4.69, 9.17) is 11.6 Å². The molecule has 1 amide bonds. The van der Waals surface area contributed by atoms with E-state index in [0.29, 0.717) is 5.02 Å². The van der Waals surface area contributed by atoms with E-state index in [0.717, 1.165) is 36.8 Å². The molecule has 1 atom stereocenters. The number of rotatable bonds is 6. The number of thioether (sulfide) groups is 1. The second kappa shape index (κ2) is 8.82. The van der Waals surface area contributed by atoms with Gasteiger partial charge in [0, 0.05) is 17.9 Å². The minimum atomic E-state index is -1.34. The van der Waals surface area contributed by atoms with E-state index >= 15 is 0 Å². The second-order valence-electron chi connectivity index (χ2n) is 8.02. The molecular weight excluding hydrogens is 476 g/mol. The van der Waals surface area contributed by atoms with Crippen molar-refractivity contribution >= 4 is 56.8 Å². The first-order valence-corrected chi connectivity index (χ1v) is 12.5. The van der Waals surface area contributed by atoms with E-state index in [1.807, 2.05) is 66.7 Å². The third-order valence-corrected chi connectivity index (χ3v) is 8.19. The van der Waals surface area contributed by atoms with Crippen LogP contribution in [-0.4, -0.2) is 33.3 Å². The van der Waals surface area contributed by atoms with Crippen LogP contribution in [0.5, 0.6) is 0 Å². The summed E-state index contributed by atoms with van der Waals surface area (Å²) in [4.78, 5) is 29.5. The lowest BCUT2D eigenvalue weighted by molar-refractivity contribution is -0.146. The van der Waals surface area contributed by atoms with Crippen LogP contribution in [0.1, 0.15) is 11.1 Å². The Bertz CT molecular complexity index is 1340. The molecule has 0 spiro atoms. The molecule has 33 heavy (non-hydrogen) atoms. The van der Waals surface area contributed by atoms with Gasteiger partial charge in [-0.05, 0) is 46.5 Å². The lowest BCUT2D eigenvalue weighted by Gasteiger charge is -2.25. The fraction of sp³-hybridized carbons (Fsp3) is 0.160. The quantitative estimate of drug-likeness (QED) is 0.348. The third kappa shape index (κ3) is 4.49. The van der Waals surface area contributed by atoms with Gasteiger partial charge >= 0.3 is 5.97 Å². The largest absolute Gasteiger partial charge is 0.479 e. The fourth-order valence-electron chi connectivity index (χ4n) is 4.13. The van der Waals surface area contributed by atoms with Crippen molar-refractivity contribution in [2.24, 2.45) is 0 Å². The second-order valence-corrected chi connectivity index (χ2v) is 10.7. The van der Waals surface area contributed by atoms with E-state index in [-0.39, 0.29) is 24.5 Å². The smallest absolute Gasteiger partial charge is 0.330 e. The van der Waals surface area contributed by atoms with Gasteiger partial charge in [0.2, 0.25) is 5.91 Å². The fourth-order valence-corrected chi connectivity index (χ4v) is 6.13. The molecule has 0 saturated heterocycles. The van der Waals surface area contributed by atoms with Gasteiger partial charge in [0.05, 0.1) is 16.0 Å². The summed E-state index contributed by atoms with van der Waals surface area (Å²) >= 11 is 8.84. The van der Waals surface area contributed by atoms with Crippen LogP contribution in [0, 0.1) is 0 Å². The molecule has 0 radical (unpaired) electrons. The molecule has 2 N–H and O–H groups in total. The highest BCUT2D eigenvalue weighted by Crippen LogP contribution is 2.35. The lowest BCUT2D eigenvalue weighted by Crippen LogP contribution is -2.56. The maximum atomic E-state index is 12.7. The van der Waals surface area contributed by atoms with Gasteiger partial charge in [-0.15, -0.1) is 11.3 Å². The minimum absolute atomic E-state index is 0.112. The predicted octanol–water partition coefficient (Wildman–Crippen LogP) is 5.45. The molecule has 1 heterocycles. The van der Waals surface area contributed by atoms with Crippen LogP contribution in [-0.2, 0) is 22.4 Å². The molecule has 5 nitrogen and oxygen atoms in total. The summed E-state index contributed by atoms with van der Waals surface area (Å²) in [5.41, 5.74) is 3.43. The van der Waals surface area contributed by atoms with Crippen molar-refractivity contribution in [3.05, 3.63) is 82.9 Å². The molecular formula is C25H19ClN2O3S2. The molecule has 0 fully saturated rings. The van der Waals surface area contributed by atoms with E-state index in [1.165, 1.54) is 23.1 Å². The molecule has 1 aliphatic rings. The Labute approximate surface area is 203 Å². The van der Waals surface area contributed by atoms with E-state index < -0.39 is 11.5 Å². The predicted molar refractivity (Wildman–Crippen MR) is 133 cm³/mol. The minimum Gasteiger partial charge on any atom is -0.479 e. The molecule has 166 valence electrons. The van der Waals surface area contributed by atoms with Crippen molar-refractivity contribution in [2.75, 3.05) is 5.75 Å². The number of carboxylic acid groups (broad SMARTS) is 1. The number of amides is 1. The van der Waals surface area contributed by atoms with Crippen LogP contribution >= 0.6 is 34.7 Å². The Morgan fingerprint density at radius 2 is 1.76 bits per heavy atom. The highest BCUT2D eigenvalue weighted by atomic mass is 35.5. The van der Waals surface area contributed by atoms with Crippen molar-refractivity contribution in [1.82, 2.24) is 10.3 Å². The van der Waals surface area contributed by atoms with Crippen molar-refractivity contribution in [3.63, 3.8) is 0 Å². The average Bonchev–Trinajstić information content (AvgIpc) is 3.39. The zero-order chi connectivity index (χ0) is 23.0. The number of carbonyl (C=O) groups is 2. The number of nitrogens with one attached hydrogen (secondary N) is 1. The number of benzene rings is 3. The first-order valence-electron chi connectivity index (χ1n) is 10.3. The van der Waals surface area contributed by atoms with Crippen LogP contribution in [0.15, 0.2) is 71.1 Å². The number of aliphatic carboxylic acids is 1. The molecule has 0 saturated carbocycles. The summed E-state index contributed by atoms with van der Waals surface area (Å²) in [6, 6.07) is 21.3. The van der Waals surface area contributed by atoms with Gasteiger partial charge in [0.1, 0.15) is 5.54 Å². The van der Waals surface area contributed by atoms with E-state index in [9.17, 15) is 14.7 Å². The van der Waals surface area contributed by atoms with Gasteiger partial charge in [-0.2, -0.15) is 0 Å². The number of hydrogen-bond donors (Lipinski definition) is 2. The molecule has 4 aromatic rings. The highest BCUT2D eigenvalue weighted by Gasteiger charge is 2.45. The summed E-state index contributed by atoms with van der Waals surface area (Å²) in [6.07, 6.45) is 0.507. The van der Waals surface area contributed by atoms with E-state index in [1.54, 1.807) is 0 Å². The van der Waals surface area contributed by atoms with Crippen molar-refractivity contribution in [2.45, 2.75) is 22.7 Å². The highest BCUT2D eigenvalue weighted by molar-refractivity contribution is 8.01. The number of carboxylic acids is 1. The first kappa shape index (κ1) is 21.9. The molecule has 1 unspecified atom stereocenters. The Morgan fingerprint density at radius 1 is 1.03 bits per heavy atom. The average molecular weight is 495 g/mol. The van der Waals surface area contributed by atoms with Gasteiger partial charge in [0.25, 0.3) is 0 Å². The Kier molecular flexibility index (Phi) is 5.86. The number of fused-ring (bicyclic) bond motifs is 2. The Hall–Kier alpha value is -2.87. The molecule has 1 aliphatic carbocycles. The van der Waals surface area contributed by atoms with Crippen molar-refractivity contribution in [3.8, 4) is 11.1 Å². The van der Waals surface area contributed by atoms with Crippen LogP contribution in [0.4, 0.5) is 0 Å². The van der Waals surface area contributed by atoms with Gasteiger partial charge in [-0.3, -0.25) is 4.79 Å². The normalized spacial score (nSPS) is 17.1. The summed E-state index contributed by atoms with van der Waals surface area (Å²) < 4.78 is 1.85. The number of carbonyl (C=O) groups excluding carboxylic acids is 1. The zero-order valence-electron chi connectivity index (χ0n) is 17.4. The Balaban J connectivity index is 1.30. The first-order chi connectivity index (χ1) is 15.9. The van der Waals surface area contributed by atoms with Crippen LogP contribution in [0.2, 0.25) is 5.02 Å². The maximum absolute atomic E-state index is 12.7. The standard InChI is InChI=1S/C25H19ClN2O3S2/c26-19-9-7-15(8-10-19)16-5-6-17-12-25(23(30)31,13-18(17)11-16)28-22(29)14-32-24-27-20-3-1-2-4-21(20)33-24/h1-11H,12-14H2,(H,28,29)(H,30,31). The number of hydrogen-bond acceptors (Lipinski definition) is 5.